The molecule has 6 heteroatoms. The maximum Gasteiger partial charge on any atom is 0.335 e. The number of nitro groups is 1. The smallest absolute Gasteiger partial charge is 0.335 e. The molecule has 0 amide bonds. The molecule has 80 valence electrons. The normalized spacial score (nSPS) is 9.93. The van der Waals surface area contributed by atoms with Gasteiger partial charge in [-0.15, -0.1) is 0 Å². The third-order valence-corrected chi connectivity index (χ3v) is 2.29. The summed E-state index contributed by atoms with van der Waals surface area (Å²) in [6, 6.07) is 3.93. The Morgan fingerprint density at radius 1 is 1.53 bits per heavy atom. The summed E-state index contributed by atoms with van der Waals surface area (Å²) in [5.41, 5.74) is 0.316. The fourth-order valence-corrected chi connectivity index (χ4v) is 1.61. The van der Waals surface area contributed by atoms with E-state index in [-0.39, 0.29) is 11.3 Å². The molecule has 0 fully saturated rings. The Kier molecular flexibility index (Phi) is 3.79. The number of carboxylic acid groups (broad SMARTS) is 1. The third-order valence-electron chi connectivity index (χ3n) is 1.89. The quantitative estimate of drug-likeness (QED) is 0.518. The lowest BCUT2D eigenvalue weighted by molar-refractivity contribution is -0.385. The molecule has 0 atom stereocenters. The van der Waals surface area contributed by atoms with Crippen LogP contribution in [0.5, 0.6) is 0 Å². The fourth-order valence-electron chi connectivity index (χ4n) is 1.18. The van der Waals surface area contributed by atoms with Crippen molar-refractivity contribution < 1.29 is 14.8 Å². The van der Waals surface area contributed by atoms with Gasteiger partial charge in [0.2, 0.25) is 0 Å². The fraction of sp³-hybridized carbons (Fsp3) is 0.222. The first-order valence-corrected chi connectivity index (χ1v) is 5.25. The van der Waals surface area contributed by atoms with Crippen LogP contribution in [0.15, 0.2) is 18.2 Å². The number of benzene rings is 1. The highest BCUT2D eigenvalue weighted by atomic mass is 79.9. The first-order valence-electron chi connectivity index (χ1n) is 4.13. The van der Waals surface area contributed by atoms with E-state index >= 15 is 0 Å². The Bertz CT molecular complexity index is 405. The lowest BCUT2D eigenvalue weighted by Crippen LogP contribution is -2.01. The molecule has 0 saturated heterocycles. The van der Waals surface area contributed by atoms with E-state index in [9.17, 15) is 14.9 Å². The van der Waals surface area contributed by atoms with Crippen LogP contribution in [0.25, 0.3) is 0 Å². The summed E-state index contributed by atoms with van der Waals surface area (Å²) in [7, 11) is 0. The number of rotatable bonds is 4. The standard InChI is InChI=1S/C9H8BrNO4/c10-4-3-6-1-2-7(9(12)13)5-8(6)11(14)15/h1-2,5H,3-4H2,(H,12,13). The second kappa shape index (κ2) is 4.88. The summed E-state index contributed by atoms with van der Waals surface area (Å²) in [5.74, 6) is -1.16. The SMILES string of the molecule is O=C(O)c1ccc(CCBr)c([N+](=O)[O-])c1. The molecule has 0 spiro atoms. The van der Waals surface area contributed by atoms with Crippen molar-refractivity contribution >= 4 is 27.6 Å². The zero-order valence-electron chi connectivity index (χ0n) is 7.64. The van der Waals surface area contributed by atoms with E-state index in [0.717, 1.165) is 6.07 Å². The van der Waals surface area contributed by atoms with Gasteiger partial charge in [0.25, 0.3) is 5.69 Å². The van der Waals surface area contributed by atoms with Gasteiger partial charge < -0.3 is 5.11 Å². The van der Waals surface area contributed by atoms with Crippen molar-refractivity contribution in [2.75, 3.05) is 5.33 Å². The van der Waals surface area contributed by atoms with Crippen LogP contribution in [0.4, 0.5) is 5.69 Å². The number of hydrogen-bond acceptors (Lipinski definition) is 3. The van der Waals surface area contributed by atoms with Crippen molar-refractivity contribution in [2.24, 2.45) is 0 Å². The molecule has 15 heavy (non-hydrogen) atoms. The van der Waals surface area contributed by atoms with E-state index in [1.165, 1.54) is 12.1 Å². The molecular weight excluding hydrogens is 266 g/mol. The number of halogens is 1. The predicted molar refractivity (Wildman–Crippen MR) is 57.6 cm³/mol. The number of nitrogens with zero attached hydrogens (tertiary/aromatic N) is 1. The van der Waals surface area contributed by atoms with Crippen LogP contribution < -0.4 is 0 Å². The van der Waals surface area contributed by atoms with Crippen LogP contribution in [0.1, 0.15) is 15.9 Å². The van der Waals surface area contributed by atoms with Crippen LogP contribution in [0.3, 0.4) is 0 Å². The van der Waals surface area contributed by atoms with Crippen LogP contribution in [0, 0.1) is 10.1 Å². The molecule has 0 heterocycles. The van der Waals surface area contributed by atoms with E-state index in [4.69, 9.17) is 5.11 Å². The number of carboxylic acids is 1. The van der Waals surface area contributed by atoms with Gasteiger partial charge in [0.15, 0.2) is 0 Å². The van der Waals surface area contributed by atoms with Crippen molar-refractivity contribution in [1.82, 2.24) is 0 Å². The summed E-state index contributed by atoms with van der Waals surface area (Å²) in [5, 5.41) is 19.9. The number of nitro benzene ring substituents is 1. The molecular formula is C9H8BrNO4. The maximum atomic E-state index is 10.7. The van der Waals surface area contributed by atoms with E-state index in [0.29, 0.717) is 17.3 Å². The van der Waals surface area contributed by atoms with Crippen molar-refractivity contribution in [3.63, 3.8) is 0 Å². The molecule has 0 radical (unpaired) electrons. The topological polar surface area (TPSA) is 80.4 Å². The van der Waals surface area contributed by atoms with E-state index in [1.54, 1.807) is 0 Å². The molecule has 5 nitrogen and oxygen atoms in total. The van der Waals surface area contributed by atoms with Gasteiger partial charge >= 0.3 is 5.97 Å². The van der Waals surface area contributed by atoms with E-state index < -0.39 is 10.9 Å². The van der Waals surface area contributed by atoms with Crippen molar-refractivity contribution in [2.45, 2.75) is 6.42 Å². The number of aryl methyl sites for hydroxylation is 1. The third kappa shape index (κ3) is 2.76. The molecule has 1 N–H and O–H groups in total. The van der Waals surface area contributed by atoms with Gasteiger partial charge in [0.05, 0.1) is 10.5 Å². The molecule has 1 rings (SSSR count). The Hall–Kier alpha value is -1.43. The molecule has 0 bridgehead atoms. The Balaban J connectivity index is 3.20. The summed E-state index contributed by atoms with van der Waals surface area (Å²) in [6.45, 7) is 0. The summed E-state index contributed by atoms with van der Waals surface area (Å²) in [4.78, 5) is 20.7. The van der Waals surface area contributed by atoms with Gasteiger partial charge in [0, 0.05) is 17.0 Å². The highest BCUT2D eigenvalue weighted by Crippen LogP contribution is 2.21. The average Bonchev–Trinajstić information content (AvgIpc) is 2.18. The lowest BCUT2D eigenvalue weighted by Gasteiger charge is -2.01. The molecule has 0 aliphatic carbocycles. The van der Waals surface area contributed by atoms with E-state index in [1.807, 2.05) is 0 Å². The van der Waals surface area contributed by atoms with Crippen molar-refractivity contribution in [3.8, 4) is 0 Å². The highest BCUT2D eigenvalue weighted by molar-refractivity contribution is 9.09. The van der Waals surface area contributed by atoms with Gasteiger partial charge in [-0.05, 0) is 12.5 Å². The van der Waals surface area contributed by atoms with Crippen LogP contribution in [-0.4, -0.2) is 21.3 Å². The molecule has 0 saturated carbocycles. The largest absolute Gasteiger partial charge is 0.478 e. The van der Waals surface area contributed by atoms with Gasteiger partial charge in [-0.3, -0.25) is 10.1 Å². The molecule has 0 aliphatic rings. The molecule has 0 unspecified atom stereocenters. The summed E-state index contributed by atoms with van der Waals surface area (Å²) < 4.78 is 0. The van der Waals surface area contributed by atoms with Crippen LogP contribution in [-0.2, 0) is 6.42 Å². The minimum Gasteiger partial charge on any atom is -0.478 e. The minimum absolute atomic E-state index is 0.0694. The van der Waals surface area contributed by atoms with Gasteiger partial charge in [0.1, 0.15) is 0 Å². The second-order valence-electron chi connectivity index (χ2n) is 2.84. The summed E-state index contributed by atoms with van der Waals surface area (Å²) >= 11 is 3.18. The minimum atomic E-state index is -1.16. The molecule has 1 aromatic carbocycles. The second-order valence-corrected chi connectivity index (χ2v) is 3.64. The Morgan fingerprint density at radius 2 is 2.20 bits per heavy atom. The zero-order chi connectivity index (χ0) is 11.4. The summed E-state index contributed by atoms with van der Waals surface area (Å²) in [6.07, 6.45) is 0.496. The Morgan fingerprint density at radius 3 is 2.67 bits per heavy atom. The van der Waals surface area contributed by atoms with Gasteiger partial charge in [-0.25, -0.2) is 4.79 Å². The number of alkyl halides is 1. The first kappa shape index (κ1) is 11.6. The first-order chi connectivity index (χ1) is 7.06. The van der Waals surface area contributed by atoms with Gasteiger partial charge in [-0.1, -0.05) is 22.0 Å². The van der Waals surface area contributed by atoms with Gasteiger partial charge in [-0.2, -0.15) is 0 Å². The lowest BCUT2D eigenvalue weighted by atomic mass is 10.1. The molecule has 1 aromatic rings. The monoisotopic (exact) mass is 273 g/mol. The predicted octanol–water partition coefficient (Wildman–Crippen LogP) is 2.23. The average molecular weight is 274 g/mol. The molecule has 0 aliphatic heterocycles. The maximum absolute atomic E-state index is 10.7. The number of aromatic carboxylic acids is 1. The highest BCUT2D eigenvalue weighted by Gasteiger charge is 2.16. The molecule has 0 aromatic heterocycles. The van der Waals surface area contributed by atoms with Crippen molar-refractivity contribution in [3.05, 3.63) is 39.4 Å². The Labute approximate surface area is 94.0 Å². The number of carbonyl (C=O) groups is 1. The number of hydrogen-bond donors (Lipinski definition) is 1. The van der Waals surface area contributed by atoms with E-state index in [2.05, 4.69) is 15.9 Å². The van der Waals surface area contributed by atoms with Crippen molar-refractivity contribution in [1.29, 1.82) is 0 Å². The zero-order valence-corrected chi connectivity index (χ0v) is 9.23. The van der Waals surface area contributed by atoms with Crippen LogP contribution in [0.2, 0.25) is 0 Å². The van der Waals surface area contributed by atoms with Crippen LogP contribution >= 0.6 is 15.9 Å².